The zero-order valence-corrected chi connectivity index (χ0v) is 13.6. The largest absolute Gasteiger partial charge is 0.752 e. The number of hydrazone groups is 1. The Morgan fingerprint density at radius 3 is 2.68 bits per heavy atom. The lowest BCUT2D eigenvalue weighted by Gasteiger charge is -2.05. The van der Waals surface area contributed by atoms with Crippen molar-refractivity contribution in [3.63, 3.8) is 0 Å². The third-order valence-corrected chi connectivity index (χ3v) is 3.23. The van der Waals surface area contributed by atoms with Gasteiger partial charge in [0.25, 0.3) is 5.91 Å². The Kier molecular flexibility index (Phi) is 8.65. The average Bonchev–Trinajstić information content (AvgIpc) is 2.61. The fraction of sp³-hybridized carbons (Fsp3) is 0.154. The lowest BCUT2D eigenvalue weighted by Crippen LogP contribution is -2.47. The molecule has 0 atom stereocenters. The predicted molar refractivity (Wildman–Crippen MR) is 88.6 cm³/mol. The zero-order valence-electron chi connectivity index (χ0n) is 12.0. The molecule has 2 heterocycles. The Hall–Kier alpha value is -2.10. The summed E-state index contributed by atoms with van der Waals surface area (Å²) in [5.74, 6) is -0.422. The molecule has 22 heavy (non-hydrogen) atoms. The van der Waals surface area contributed by atoms with Gasteiger partial charge in [0.2, 0.25) is 0 Å². The number of thioether (sulfide) groups is 1. The molecule has 0 unspecified atom stereocenters. The fourth-order valence-corrected chi connectivity index (χ4v) is 1.34. The molecule has 2 aromatic heterocycles. The highest BCUT2D eigenvalue weighted by atomic mass is 32.2. The van der Waals surface area contributed by atoms with Crippen LogP contribution in [0.25, 0.3) is 0 Å². The highest BCUT2D eigenvalue weighted by molar-refractivity contribution is 8.26. The first-order valence-corrected chi connectivity index (χ1v) is 7.85. The maximum Gasteiger partial charge on any atom is 0.291 e. The number of hydrogen-bond acceptors (Lipinski definition) is 7. The number of carbonyl (C=O) groups is 1. The van der Waals surface area contributed by atoms with Crippen molar-refractivity contribution >= 4 is 34.7 Å². The van der Waals surface area contributed by atoms with Crippen molar-refractivity contribution in [3.8, 4) is 0 Å². The first-order chi connectivity index (χ1) is 10.7. The Balaban J connectivity index is 0.000000255. The van der Waals surface area contributed by atoms with E-state index < -0.39 is 5.91 Å². The van der Waals surface area contributed by atoms with Crippen LogP contribution in [0.15, 0.2) is 48.1 Å². The van der Waals surface area contributed by atoms with E-state index in [1.807, 2.05) is 18.2 Å². The zero-order chi connectivity index (χ0) is 16.2. The number of hydrogen-bond donors (Lipinski definition) is 2. The van der Waals surface area contributed by atoms with Crippen molar-refractivity contribution in [2.75, 3.05) is 6.26 Å². The molecule has 2 aromatic rings. The van der Waals surface area contributed by atoms with E-state index in [1.54, 1.807) is 12.5 Å². The standard InChI is InChI=1S/C7H8N4OS2.C6H8N2/c1-14-7(13)11-10-6(12)5-4-8-2-3-9-5;7-5-6-3-1-2-4-8-6/h2-4H,1H3,(H,10,12)(H,11,13);1-4H,5,7H2. The van der Waals surface area contributed by atoms with Gasteiger partial charge in [-0.1, -0.05) is 6.07 Å². The molecule has 1 amide bonds. The van der Waals surface area contributed by atoms with Crippen LogP contribution in [0.5, 0.6) is 0 Å². The molecule has 4 N–H and O–H groups in total. The van der Waals surface area contributed by atoms with Gasteiger partial charge in [-0.15, -0.1) is 11.8 Å². The predicted octanol–water partition coefficient (Wildman–Crippen LogP) is 0.211. The first-order valence-electron chi connectivity index (χ1n) is 6.21. The molecule has 0 aromatic carbocycles. The van der Waals surface area contributed by atoms with Gasteiger partial charge in [0.1, 0.15) is 12.2 Å². The average molecular weight is 336 g/mol. The minimum atomic E-state index is -0.422. The molecule has 0 bridgehead atoms. The first kappa shape index (κ1) is 18.0. The van der Waals surface area contributed by atoms with Crippen LogP contribution >= 0.6 is 11.8 Å². The van der Waals surface area contributed by atoms with Crippen molar-refractivity contribution in [2.45, 2.75) is 6.54 Å². The summed E-state index contributed by atoms with van der Waals surface area (Å²) < 4.78 is 0.363. The van der Waals surface area contributed by atoms with E-state index in [0.717, 1.165) is 12.2 Å². The van der Waals surface area contributed by atoms with Crippen molar-refractivity contribution in [1.29, 1.82) is 0 Å². The van der Waals surface area contributed by atoms with Gasteiger partial charge < -0.3 is 18.4 Å². The number of quaternary nitrogens is 1. The third kappa shape index (κ3) is 7.07. The van der Waals surface area contributed by atoms with Crippen LogP contribution in [0, 0.1) is 0 Å². The fourth-order valence-electron chi connectivity index (χ4n) is 1.16. The van der Waals surface area contributed by atoms with E-state index in [-0.39, 0.29) is 5.69 Å². The number of pyridine rings is 1. The number of carbonyl (C=O) groups excluding carboxylic acids is 1. The second-order valence-corrected chi connectivity index (χ2v) is 5.12. The summed E-state index contributed by atoms with van der Waals surface area (Å²) in [6.45, 7) is 0.779. The molecule has 7 nitrogen and oxygen atoms in total. The lowest BCUT2D eigenvalue weighted by molar-refractivity contribution is -0.387. The summed E-state index contributed by atoms with van der Waals surface area (Å²) in [5.41, 5.74) is 7.22. The molecule has 0 aliphatic heterocycles. The number of nitrogens with zero attached hydrogens (tertiary/aromatic N) is 4. The smallest absolute Gasteiger partial charge is 0.291 e. The maximum absolute atomic E-state index is 11.3. The highest BCUT2D eigenvalue weighted by Crippen LogP contribution is 1.94. The SMILES string of the molecule is CS/C([S-])=N\NC(=O)c1cnccn1.[NH3+]Cc1ccccn1. The monoisotopic (exact) mass is 336 g/mol. The van der Waals surface area contributed by atoms with Gasteiger partial charge >= 0.3 is 0 Å². The summed E-state index contributed by atoms with van der Waals surface area (Å²) in [6, 6.07) is 5.83. The third-order valence-electron chi connectivity index (χ3n) is 2.20. The van der Waals surface area contributed by atoms with E-state index in [9.17, 15) is 4.79 Å². The lowest BCUT2D eigenvalue weighted by atomic mass is 10.4. The molecule has 0 spiro atoms. The van der Waals surface area contributed by atoms with Crippen LogP contribution in [0.4, 0.5) is 0 Å². The summed E-state index contributed by atoms with van der Waals surface area (Å²) in [6.07, 6.45) is 7.83. The van der Waals surface area contributed by atoms with Gasteiger partial charge in [-0.2, -0.15) is 5.10 Å². The summed E-state index contributed by atoms with van der Waals surface area (Å²) >= 11 is 6.05. The molecule has 116 valence electrons. The second-order valence-electron chi connectivity index (χ2n) is 3.68. The van der Waals surface area contributed by atoms with Crippen LogP contribution in [0.1, 0.15) is 16.2 Å². The van der Waals surface area contributed by atoms with Crippen molar-refractivity contribution < 1.29 is 10.5 Å². The quantitative estimate of drug-likeness (QED) is 0.359. The molecular weight excluding hydrogens is 320 g/mol. The van der Waals surface area contributed by atoms with Crippen molar-refractivity contribution in [3.05, 3.63) is 54.4 Å². The Labute approximate surface area is 138 Å². The van der Waals surface area contributed by atoms with Crippen LogP contribution in [-0.2, 0) is 19.2 Å². The van der Waals surface area contributed by atoms with Gasteiger partial charge in [-0.05, 0) is 22.8 Å². The number of aromatic nitrogens is 3. The molecule has 9 heteroatoms. The Bertz CT molecular complexity index is 594. The Morgan fingerprint density at radius 1 is 1.36 bits per heavy atom. The van der Waals surface area contributed by atoms with Crippen molar-refractivity contribution in [1.82, 2.24) is 20.4 Å². The maximum atomic E-state index is 11.3. The molecule has 0 aliphatic rings. The van der Waals surface area contributed by atoms with E-state index in [2.05, 4.69) is 31.2 Å². The van der Waals surface area contributed by atoms with Gasteiger partial charge in [0.05, 0.1) is 11.9 Å². The molecule has 2 rings (SSSR count). The van der Waals surface area contributed by atoms with Gasteiger partial charge in [-0.25, -0.2) is 10.4 Å². The van der Waals surface area contributed by atoms with E-state index in [4.69, 9.17) is 12.6 Å². The van der Waals surface area contributed by atoms with Crippen LogP contribution in [0.3, 0.4) is 0 Å². The van der Waals surface area contributed by atoms with Crippen molar-refractivity contribution in [2.24, 2.45) is 5.10 Å². The van der Waals surface area contributed by atoms with Gasteiger partial charge in [-0.3, -0.25) is 14.8 Å². The van der Waals surface area contributed by atoms with Gasteiger partial charge in [0.15, 0.2) is 0 Å². The van der Waals surface area contributed by atoms with Gasteiger partial charge in [0, 0.05) is 18.6 Å². The molecule has 0 fully saturated rings. The van der Waals surface area contributed by atoms with E-state index in [0.29, 0.717) is 4.38 Å². The number of rotatable bonds is 3. The molecule has 0 saturated heterocycles. The molecule has 0 saturated carbocycles. The minimum absolute atomic E-state index is 0.208. The summed E-state index contributed by atoms with van der Waals surface area (Å²) in [7, 11) is 0. The van der Waals surface area contributed by atoms with E-state index >= 15 is 0 Å². The molecule has 0 aliphatic carbocycles. The molecular formula is C13H16N6OS2. The molecule has 0 radical (unpaired) electrons. The number of amides is 1. The normalized spacial score (nSPS) is 10.4. The summed E-state index contributed by atoms with van der Waals surface area (Å²) in [5, 5.41) is 3.65. The second kappa shape index (κ2) is 10.6. The van der Waals surface area contributed by atoms with Crippen LogP contribution in [-0.4, -0.2) is 31.5 Å². The van der Waals surface area contributed by atoms with Crippen LogP contribution < -0.4 is 11.2 Å². The number of nitrogens with one attached hydrogen (secondary N) is 1. The topological polar surface area (TPSA) is 108 Å². The Morgan fingerprint density at radius 2 is 2.18 bits per heavy atom. The highest BCUT2D eigenvalue weighted by Gasteiger charge is 2.03. The van der Waals surface area contributed by atoms with Crippen LogP contribution in [0.2, 0.25) is 0 Å². The minimum Gasteiger partial charge on any atom is -0.752 e. The van der Waals surface area contributed by atoms with E-state index in [1.165, 1.54) is 30.4 Å². The summed E-state index contributed by atoms with van der Waals surface area (Å²) in [4.78, 5) is 22.9.